The number of anilines is 2. The lowest BCUT2D eigenvalue weighted by Gasteiger charge is -2.33. The van der Waals surface area contributed by atoms with Crippen LogP contribution in [0.15, 0.2) is 29.0 Å². The van der Waals surface area contributed by atoms with E-state index < -0.39 is 41.2 Å². The molecule has 39 heavy (non-hydrogen) atoms. The normalized spacial score (nSPS) is 21.4. The second-order valence-corrected chi connectivity index (χ2v) is 10.1. The zero-order chi connectivity index (χ0) is 27.9. The van der Waals surface area contributed by atoms with Gasteiger partial charge in [-0.25, -0.2) is 23.1 Å². The van der Waals surface area contributed by atoms with Crippen molar-refractivity contribution in [2.24, 2.45) is 11.7 Å². The summed E-state index contributed by atoms with van der Waals surface area (Å²) < 4.78 is 79.2. The summed E-state index contributed by atoms with van der Waals surface area (Å²) in [7, 11) is 0. The molecule has 0 bridgehead atoms. The molecule has 5 rings (SSSR count). The summed E-state index contributed by atoms with van der Waals surface area (Å²) >= 11 is 0. The lowest BCUT2D eigenvalue weighted by atomic mass is 9.92. The van der Waals surface area contributed by atoms with E-state index in [1.54, 1.807) is 9.80 Å². The van der Waals surface area contributed by atoms with E-state index in [-0.39, 0.29) is 30.1 Å². The Morgan fingerprint density at radius 3 is 2.33 bits per heavy atom. The molecule has 0 radical (unpaired) electrons. The first-order valence-electron chi connectivity index (χ1n) is 12.6. The van der Waals surface area contributed by atoms with Crippen LogP contribution in [0.2, 0.25) is 0 Å². The highest BCUT2D eigenvalue weighted by Gasteiger charge is 2.36. The molecule has 0 aliphatic carbocycles. The maximum atomic E-state index is 14.3. The summed E-state index contributed by atoms with van der Waals surface area (Å²) in [5.74, 6) is -6.55. The summed E-state index contributed by atoms with van der Waals surface area (Å²) in [5.41, 5.74) is 6.21. The maximum absolute atomic E-state index is 14.3. The molecule has 9 nitrogen and oxygen atoms in total. The Kier molecular flexibility index (Phi) is 7.31. The molecule has 210 valence electrons. The van der Waals surface area contributed by atoms with E-state index >= 15 is 0 Å². The van der Waals surface area contributed by atoms with Crippen LogP contribution in [0.5, 0.6) is 5.75 Å². The van der Waals surface area contributed by atoms with Crippen LogP contribution in [-0.4, -0.2) is 58.4 Å². The largest absolute Gasteiger partial charge is 0.487 e. The van der Waals surface area contributed by atoms with Gasteiger partial charge in [-0.1, -0.05) is 5.16 Å². The molecule has 2 N–H and O–H groups in total. The van der Waals surface area contributed by atoms with Gasteiger partial charge >= 0.3 is 11.9 Å². The van der Waals surface area contributed by atoms with Crippen molar-refractivity contribution < 1.29 is 31.2 Å². The molecule has 0 spiro atoms. The van der Waals surface area contributed by atoms with E-state index in [0.29, 0.717) is 37.4 Å². The van der Waals surface area contributed by atoms with Crippen molar-refractivity contribution in [3.8, 4) is 5.75 Å². The van der Waals surface area contributed by atoms with Gasteiger partial charge < -0.3 is 24.8 Å². The summed E-state index contributed by atoms with van der Waals surface area (Å²) in [4.78, 5) is 16.1. The SMILES string of the molecule is C[C@H](Oc1cnc(N2C[C@H](c3cc(F)c(F)cc3F)[C@@H](N)C2)nc1)C1CCN(c2nc(C(C)(F)F)no2)CC1. The van der Waals surface area contributed by atoms with Gasteiger partial charge in [0.05, 0.1) is 18.5 Å². The molecular formula is C25H28F5N7O2. The van der Waals surface area contributed by atoms with Gasteiger partial charge in [-0.2, -0.15) is 13.8 Å². The molecule has 2 aromatic heterocycles. The second-order valence-electron chi connectivity index (χ2n) is 10.1. The lowest BCUT2D eigenvalue weighted by Crippen LogP contribution is -2.39. The molecule has 0 unspecified atom stereocenters. The molecule has 3 aromatic rings. The van der Waals surface area contributed by atoms with E-state index in [1.807, 2.05) is 6.92 Å². The Labute approximate surface area is 221 Å². The average Bonchev–Trinajstić information content (AvgIpc) is 3.54. The highest BCUT2D eigenvalue weighted by Crippen LogP contribution is 2.33. The molecule has 2 fully saturated rings. The van der Waals surface area contributed by atoms with Crippen LogP contribution >= 0.6 is 0 Å². The topological polar surface area (TPSA) is 106 Å². The molecule has 4 heterocycles. The van der Waals surface area contributed by atoms with Crippen LogP contribution < -0.4 is 20.3 Å². The molecule has 0 amide bonds. The Hall–Kier alpha value is -3.55. The van der Waals surface area contributed by atoms with Crippen molar-refractivity contribution in [3.63, 3.8) is 0 Å². The quantitative estimate of drug-likeness (QED) is 0.343. The fourth-order valence-corrected chi connectivity index (χ4v) is 5.07. The number of hydrogen-bond acceptors (Lipinski definition) is 9. The highest BCUT2D eigenvalue weighted by molar-refractivity contribution is 5.39. The molecule has 1 aromatic carbocycles. The van der Waals surface area contributed by atoms with Gasteiger partial charge in [0.2, 0.25) is 11.8 Å². The van der Waals surface area contributed by atoms with Crippen LogP contribution in [0.25, 0.3) is 0 Å². The molecule has 2 saturated heterocycles. The lowest BCUT2D eigenvalue weighted by molar-refractivity contribution is 0.00559. The summed E-state index contributed by atoms with van der Waals surface area (Å²) in [6.07, 6.45) is 4.37. The van der Waals surface area contributed by atoms with E-state index in [2.05, 4.69) is 20.1 Å². The molecular weight excluding hydrogens is 525 g/mol. The third-order valence-electron chi connectivity index (χ3n) is 7.31. The van der Waals surface area contributed by atoms with Crippen molar-refractivity contribution in [3.05, 3.63) is 53.4 Å². The van der Waals surface area contributed by atoms with Crippen LogP contribution in [0.1, 0.15) is 44.0 Å². The maximum Gasteiger partial charge on any atom is 0.324 e. The zero-order valence-corrected chi connectivity index (χ0v) is 21.3. The number of aromatic nitrogens is 4. The van der Waals surface area contributed by atoms with E-state index in [9.17, 15) is 22.0 Å². The van der Waals surface area contributed by atoms with Crippen molar-refractivity contribution in [2.75, 3.05) is 36.0 Å². The monoisotopic (exact) mass is 553 g/mol. The first-order chi connectivity index (χ1) is 18.5. The smallest absolute Gasteiger partial charge is 0.324 e. The third kappa shape index (κ3) is 5.75. The molecule has 14 heteroatoms. The van der Waals surface area contributed by atoms with Crippen LogP contribution in [0.3, 0.4) is 0 Å². The first kappa shape index (κ1) is 27.0. The Balaban J connectivity index is 1.15. The van der Waals surface area contributed by atoms with Crippen molar-refractivity contribution in [1.82, 2.24) is 20.1 Å². The Morgan fingerprint density at radius 2 is 1.69 bits per heavy atom. The van der Waals surface area contributed by atoms with Crippen LogP contribution in [-0.2, 0) is 5.92 Å². The highest BCUT2D eigenvalue weighted by atomic mass is 19.3. The fraction of sp³-hybridized carbons (Fsp3) is 0.520. The fourth-order valence-electron chi connectivity index (χ4n) is 5.07. The number of benzene rings is 1. The van der Waals surface area contributed by atoms with Crippen molar-refractivity contribution in [2.45, 2.75) is 50.7 Å². The third-order valence-corrected chi connectivity index (χ3v) is 7.31. The van der Waals surface area contributed by atoms with Crippen molar-refractivity contribution >= 4 is 12.0 Å². The Morgan fingerprint density at radius 1 is 1.03 bits per heavy atom. The number of nitrogens with two attached hydrogens (primary N) is 1. The van der Waals surface area contributed by atoms with Gasteiger partial charge in [0.1, 0.15) is 5.82 Å². The van der Waals surface area contributed by atoms with Gasteiger partial charge in [-0.05, 0) is 37.3 Å². The van der Waals surface area contributed by atoms with Gasteiger partial charge in [0.25, 0.3) is 0 Å². The van der Waals surface area contributed by atoms with Crippen LogP contribution in [0, 0.1) is 23.4 Å². The summed E-state index contributed by atoms with van der Waals surface area (Å²) in [6.45, 7) is 4.33. The van der Waals surface area contributed by atoms with E-state index in [1.165, 1.54) is 12.4 Å². The number of hydrogen-bond donors (Lipinski definition) is 1. The molecule has 0 saturated carbocycles. The van der Waals surface area contributed by atoms with Crippen LogP contribution in [0.4, 0.5) is 33.9 Å². The molecule has 2 aliphatic heterocycles. The molecule has 2 aliphatic rings. The van der Waals surface area contributed by atoms with Gasteiger partial charge in [-0.15, -0.1) is 0 Å². The van der Waals surface area contributed by atoms with Gasteiger partial charge in [0.15, 0.2) is 17.4 Å². The number of rotatable bonds is 7. The summed E-state index contributed by atoms with van der Waals surface area (Å²) in [5, 5.41) is 3.37. The summed E-state index contributed by atoms with van der Waals surface area (Å²) in [6, 6.07) is 0.943. The number of ether oxygens (including phenoxy) is 1. The van der Waals surface area contributed by atoms with E-state index in [4.69, 9.17) is 15.0 Å². The number of halogens is 5. The predicted octanol–water partition coefficient (Wildman–Crippen LogP) is 4.00. The molecule has 3 atom stereocenters. The van der Waals surface area contributed by atoms with E-state index in [0.717, 1.165) is 25.8 Å². The number of nitrogens with zero attached hydrogens (tertiary/aromatic N) is 6. The number of piperidine rings is 1. The van der Waals surface area contributed by atoms with Gasteiger partial charge in [-0.3, -0.25) is 0 Å². The zero-order valence-electron chi connectivity index (χ0n) is 21.3. The second kappa shape index (κ2) is 10.5. The standard InChI is InChI=1S/C25H28F5N7O2/c1-13(14-3-5-36(6-4-14)24-34-22(35-39-24)25(2,29)30)38-15-9-32-23(33-10-15)37-11-17(21(31)12-37)16-7-19(27)20(28)8-18(16)26/h7-10,13-14,17,21H,3-6,11-12,31H2,1-2H3/t13-,17+,21-/m0/s1. The number of alkyl halides is 2. The minimum Gasteiger partial charge on any atom is -0.487 e. The predicted molar refractivity (Wildman–Crippen MR) is 130 cm³/mol. The minimum atomic E-state index is -3.16. The minimum absolute atomic E-state index is 0.0200. The van der Waals surface area contributed by atoms with Crippen molar-refractivity contribution in [1.29, 1.82) is 0 Å². The Bertz CT molecular complexity index is 1290. The average molecular weight is 554 g/mol. The van der Waals surface area contributed by atoms with Gasteiger partial charge in [0, 0.05) is 51.1 Å². The first-order valence-corrected chi connectivity index (χ1v) is 12.6.